The molecule has 0 aromatic heterocycles. The third-order valence-corrected chi connectivity index (χ3v) is 2.58. The van der Waals surface area contributed by atoms with Crippen LogP contribution in [0.15, 0.2) is 0 Å². The van der Waals surface area contributed by atoms with Crippen LogP contribution in [0.5, 0.6) is 0 Å². The summed E-state index contributed by atoms with van der Waals surface area (Å²) in [5.74, 6) is -0.507. The van der Waals surface area contributed by atoms with Crippen LogP contribution in [0.1, 0.15) is 58.3 Å². The lowest BCUT2D eigenvalue weighted by Crippen LogP contribution is -2.23. The Labute approximate surface area is 96.3 Å². The van der Waals surface area contributed by atoms with Crippen molar-refractivity contribution in [3.63, 3.8) is 0 Å². The molecule has 4 heteroatoms. The third-order valence-electron chi connectivity index (χ3n) is 2.58. The highest BCUT2D eigenvalue weighted by Crippen LogP contribution is 2.14. The third kappa shape index (κ3) is 5.14. The first kappa shape index (κ1) is 13.0. The Balaban J connectivity index is 2.42. The van der Waals surface area contributed by atoms with Gasteiger partial charge in [-0.05, 0) is 19.3 Å². The van der Waals surface area contributed by atoms with Gasteiger partial charge in [0.05, 0.1) is 0 Å². The predicted molar refractivity (Wildman–Crippen MR) is 58.6 cm³/mol. The van der Waals surface area contributed by atoms with Crippen molar-refractivity contribution >= 4 is 11.9 Å². The van der Waals surface area contributed by atoms with Gasteiger partial charge in [0, 0.05) is 19.3 Å². The normalized spacial score (nSPS) is 19.3. The van der Waals surface area contributed by atoms with E-state index >= 15 is 0 Å². The van der Waals surface area contributed by atoms with E-state index in [9.17, 15) is 9.59 Å². The number of ether oxygens (including phenoxy) is 2. The second-order valence-electron chi connectivity index (χ2n) is 4.11. The van der Waals surface area contributed by atoms with E-state index in [0.29, 0.717) is 32.1 Å². The smallest absolute Gasteiger partial charge is 0.308 e. The minimum atomic E-state index is -0.662. The molecule has 1 aliphatic heterocycles. The van der Waals surface area contributed by atoms with Crippen molar-refractivity contribution in [2.75, 3.05) is 0 Å². The average molecular weight is 228 g/mol. The van der Waals surface area contributed by atoms with Gasteiger partial charge in [0.2, 0.25) is 6.29 Å². The molecular formula is C12H20O4. The zero-order valence-electron chi connectivity index (χ0n) is 9.87. The van der Waals surface area contributed by atoms with E-state index in [0.717, 1.165) is 19.3 Å². The second-order valence-corrected chi connectivity index (χ2v) is 4.11. The zero-order valence-corrected chi connectivity index (χ0v) is 9.87. The molecule has 0 bridgehead atoms. The molecule has 0 amide bonds. The molecule has 0 aromatic carbocycles. The molecule has 0 aliphatic carbocycles. The highest BCUT2D eigenvalue weighted by Gasteiger charge is 2.20. The van der Waals surface area contributed by atoms with Crippen LogP contribution >= 0.6 is 0 Å². The minimum Gasteiger partial charge on any atom is -0.425 e. The first-order valence-electron chi connectivity index (χ1n) is 6.11. The van der Waals surface area contributed by atoms with Gasteiger partial charge in [-0.1, -0.05) is 19.8 Å². The quantitative estimate of drug-likeness (QED) is 0.548. The summed E-state index contributed by atoms with van der Waals surface area (Å²) >= 11 is 0. The fraction of sp³-hybridized carbons (Fsp3) is 0.833. The monoisotopic (exact) mass is 228 g/mol. The van der Waals surface area contributed by atoms with Crippen LogP contribution in [-0.4, -0.2) is 18.2 Å². The number of cyclic esters (lactones) is 2. The van der Waals surface area contributed by atoms with Crippen molar-refractivity contribution in [3.05, 3.63) is 0 Å². The minimum absolute atomic E-state index is 0.254. The van der Waals surface area contributed by atoms with Gasteiger partial charge < -0.3 is 9.47 Å². The number of esters is 2. The number of rotatable bonds is 4. The number of hydrogen-bond acceptors (Lipinski definition) is 4. The zero-order chi connectivity index (χ0) is 11.8. The van der Waals surface area contributed by atoms with Crippen molar-refractivity contribution in [2.24, 2.45) is 0 Å². The van der Waals surface area contributed by atoms with Crippen molar-refractivity contribution in [3.8, 4) is 0 Å². The van der Waals surface area contributed by atoms with Crippen LogP contribution < -0.4 is 0 Å². The Morgan fingerprint density at radius 2 is 1.62 bits per heavy atom. The molecular weight excluding hydrogens is 208 g/mol. The predicted octanol–water partition coefficient (Wildman–Crippen LogP) is 2.55. The summed E-state index contributed by atoms with van der Waals surface area (Å²) in [6.07, 6.45) is 5.21. The summed E-state index contributed by atoms with van der Waals surface area (Å²) in [6, 6.07) is 0. The fourth-order valence-corrected chi connectivity index (χ4v) is 1.65. The van der Waals surface area contributed by atoms with Crippen LogP contribution in [0.2, 0.25) is 0 Å². The maximum absolute atomic E-state index is 11.3. The molecule has 0 atom stereocenters. The highest BCUT2D eigenvalue weighted by atomic mass is 16.7. The van der Waals surface area contributed by atoms with E-state index in [1.165, 1.54) is 0 Å². The molecule has 1 fully saturated rings. The summed E-state index contributed by atoms with van der Waals surface area (Å²) in [5.41, 5.74) is 0. The Bertz CT molecular complexity index is 217. The number of carbonyl (C=O) groups excluding carboxylic acids is 2. The lowest BCUT2D eigenvalue weighted by molar-refractivity contribution is -0.187. The van der Waals surface area contributed by atoms with Gasteiger partial charge in [-0.25, -0.2) is 0 Å². The average Bonchev–Trinajstić information content (AvgIpc) is 2.31. The number of hydrogen-bond donors (Lipinski definition) is 0. The van der Waals surface area contributed by atoms with E-state index in [1.54, 1.807) is 0 Å². The first-order valence-corrected chi connectivity index (χ1v) is 6.11. The maximum atomic E-state index is 11.3. The molecule has 0 N–H and O–H groups in total. The number of unbranched alkanes of at least 4 members (excludes halogenated alkanes) is 2. The number of carbonyl (C=O) groups is 2. The van der Waals surface area contributed by atoms with Gasteiger partial charge in [-0.3, -0.25) is 9.59 Å². The lowest BCUT2D eigenvalue weighted by Gasteiger charge is -2.16. The highest BCUT2D eigenvalue weighted by molar-refractivity contribution is 5.72. The molecule has 0 saturated carbocycles. The van der Waals surface area contributed by atoms with E-state index in [-0.39, 0.29) is 11.9 Å². The Hall–Kier alpha value is -1.06. The van der Waals surface area contributed by atoms with Gasteiger partial charge >= 0.3 is 11.9 Å². The van der Waals surface area contributed by atoms with E-state index in [1.807, 2.05) is 0 Å². The van der Waals surface area contributed by atoms with E-state index < -0.39 is 6.29 Å². The summed E-state index contributed by atoms with van der Waals surface area (Å²) in [4.78, 5) is 22.6. The molecule has 0 spiro atoms. The molecule has 1 saturated heterocycles. The molecule has 0 radical (unpaired) electrons. The molecule has 0 unspecified atom stereocenters. The molecule has 4 nitrogen and oxygen atoms in total. The Kier molecular flexibility index (Phi) is 5.90. The van der Waals surface area contributed by atoms with Gasteiger partial charge in [0.1, 0.15) is 0 Å². The van der Waals surface area contributed by atoms with Crippen molar-refractivity contribution in [2.45, 2.75) is 64.6 Å². The summed E-state index contributed by atoms with van der Waals surface area (Å²) < 4.78 is 10.2. The van der Waals surface area contributed by atoms with Gasteiger partial charge in [0.25, 0.3) is 0 Å². The fourth-order valence-electron chi connectivity index (χ4n) is 1.65. The molecule has 1 aliphatic rings. The Morgan fingerprint density at radius 1 is 1.06 bits per heavy atom. The van der Waals surface area contributed by atoms with Crippen LogP contribution in [0.25, 0.3) is 0 Å². The summed E-state index contributed by atoms with van der Waals surface area (Å²) in [6.45, 7) is 2.10. The molecule has 1 heterocycles. The molecule has 1 rings (SSSR count). The second kappa shape index (κ2) is 7.25. The van der Waals surface area contributed by atoms with Crippen LogP contribution in [0.3, 0.4) is 0 Å². The van der Waals surface area contributed by atoms with Crippen molar-refractivity contribution in [1.29, 1.82) is 0 Å². The first-order chi connectivity index (χ1) is 7.72. The summed E-state index contributed by atoms with van der Waals surface area (Å²) in [7, 11) is 0. The van der Waals surface area contributed by atoms with Crippen LogP contribution in [-0.2, 0) is 19.1 Å². The van der Waals surface area contributed by atoms with Crippen LogP contribution in [0, 0.1) is 0 Å². The molecule has 0 aromatic rings. The van der Waals surface area contributed by atoms with Crippen LogP contribution in [0.4, 0.5) is 0 Å². The molecule has 16 heavy (non-hydrogen) atoms. The van der Waals surface area contributed by atoms with Gasteiger partial charge in [-0.15, -0.1) is 0 Å². The Morgan fingerprint density at radius 3 is 2.12 bits per heavy atom. The maximum Gasteiger partial charge on any atom is 0.308 e. The lowest BCUT2D eigenvalue weighted by atomic mass is 10.2. The topological polar surface area (TPSA) is 52.6 Å². The van der Waals surface area contributed by atoms with Crippen molar-refractivity contribution < 1.29 is 19.1 Å². The van der Waals surface area contributed by atoms with E-state index in [4.69, 9.17) is 9.47 Å². The summed E-state index contributed by atoms with van der Waals surface area (Å²) in [5, 5.41) is 0. The SMILES string of the molecule is CCCCCC1OC(=O)CCCCC(=O)O1. The van der Waals surface area contributed by atoms with Gasteiger partial charge in [0.15, 0.2) is 0 Å². The standard InChI is InChI=1S/C12H20O4/c1-2-3-4-9-12-15-10(13)7-5-6-8-11(14)16-12/h12H,2-9H2,1H3. The molecule has 92 valence electrons. The van der Waals surface area contributed by atoms with Crippen molar-refractivity contribution in [1.82, 2.24) is 0 Å². The van der Waals surface area contributed by atoms with Gasteiger partial charge in [-0.2, -0.15) is 0 Å². The van der Waals surface area contributed by atoms with E-state index in [2.05, 4.69) is 6.92 Å². The largest absolute Gasteiger partial charge is 0.425 e.